The number of hydrogen-bond donors (Lipinski definition) is 0. The number of carbonyl (C=O) groups is 2. The average molecular weight is 453 g/mol. The summed E-state index contributed by atoms with van der Waals surface area (Å²) in [6.07, 6.45) is 26.3. The van der Waals surface area contributed by atoms with Gasteiger partial charge in [0.2, 0.25) is 0 Å². The van der Waals surface area contributed by atoms with Crippen LogP contribution >= 0.6 is 0 Å². The van der Waals surface area contributed by atoms with E-state index in [1.54, 1.807) is 0 Å². The highest BCUT2D eigenvalue weighted by atomic mass is 16.5. The minimum absolute atomic E-state index is 0.155. The third-order valence-electron chi connectivity index (χ3n) is 5.40. The summed E-state index contributed by atoms with van der Waals surface area (Å²) in [5.74, 6) is -0.309. The second kappa shape index (κ2) is 29.4. The van der Waals surface area contributed by atoms with Gasteiger partial charge in [-0.25, -0.2) is 0 Å². The second-order valence-electron chi connectivity index (χ2n) is 8.47. The van der Waals surface area contributed by atoms with Crippen LogP contribution in [0.4, 0.5) is 0 Å². The fourth-order valence-corrected chi connectivity index (χ4v) is 3.46. The van der Waals surface area contributed by atoms with Crippen molar-refractivity contribution >= 4 is 11.9 Å². The van der Waals surface area contributed by atoms with E-state index in [2.05, 4.69) is 36.5 Å². The van der Waals surface area contributed by atoms with Crippen LogP contribution in [0, 0.1) is 0 Å². The van der Waals surface area contributed by atoms with Crippen LogP contribution in [-0.2, 0) is 19.1 Å². The molecule has 4 heteroatoms. The molecule has 0 atom stereocenters. The lowest BCUT2D eigenvalue weighted by Crippen LogP contribution is -1.98. The van der Waals surface area contributed by atoms with Gasteiger partial charge in [0.15, 0.2) is 0 Å². The standard InChI is InChI=1S/2C14H26O2/c2*1-3-5-6-7-8-9-10-11-12-13-14(15)16-4-2/h2*4H,2-3,5-13H2,1H3. The van der Waals surface area contributed by atoms with Crippen molar-refractivity contribution in [1.82, 2.24) is 0 Å². The van der Waals surface area contributed by atoms with E-state index in [0.29, 0.717) is 12.8 Å². The Morgan fingerprint density at radius 2 is 0.750 bits per heavy atom. The molecule has 0 saturated heterocycles. The fraction of sp³-hybridized carbons (Fsp3) is 0.786. The lowest BCUT2D eigenvalue weighted by Gasteiger charge is -2.01. The molecule has 0 aliphatic carbocycles. The third kappa shape index (κ3) is 30.6. The minimum atomic E-state index is -0.155. The van der Waals surface area contributed by atoms with Gasteiger partial charge in [-0.05, 0) is 12.8 Å². The van der Waals surface area contributed by atoms with Crippen LogP contribution in [-0.4, -0.2) is 11.9 Å². The highest BCUT2D eigenvalue weighted by Gasteiger charge is 2.00. The van der Waals surface area contributed by atoms with Gasteiger partial charge in [0.25, 0.3) is 0 Å². The van der Waals surface area contributed by atoms with Crippen LogP contribution in [0.5, 0.6) is 0 Å². The van der Waals surface area contributed by atoms with Gasteiger partial charge >= 0.3 is 11.9 Å². The molecule has 0 bridgehead atoms. The average Bonchev–Trinajstić information content (AvgIpc) is 2.78. The molecule has 0 unspecified atom stereocenters. The summed E-state index contributed by atoms with van der Waals surface area (Å²) < 4.78 is 9.28. The highest BCUT2D eigenvalue weighted by Crippen LogP contribution is 2.11. The van der Waals surface area contributed by atoms with E-state index in [4.69, 9.17) is 0 Å². The molecule has 0 fully saturated rings. The Bertz CT molecular complexity index is 391. The Morgan fingerprint density at radius 1 is 0.500 bits per heavy atom. The first-order chi connectivity index (χ1) is 15.6. The SMILES string of the molecule is C=COC(=O)CCCCCCCCCCC.C=COC(=O)CCCCCCCCCCC. The molecule has 0 spiro atoms. The molecule has 0 aromatic rings. The van der Waals surface area contributed by atoms with Gasteiger partial charge in [-0.1, -0.05) is 130 Å². The maximum Gasteiger partial charge on any atom is 0.310 e. The van der Waals surface area contributed by atoms with Crippen molar-refractivity contribution in [3.05, 3.63) is 25.7 Å². The molecule has 0 aliphatic rings. The van der Waals surface area contributed by atoms with E-state index in [1.807, 2.05) is 0 Å². The summed E-state index contributed by atoms with van der Waals surface area (Å²) >= 11 is 0. The molecule has 0 aliphatic heterocycles. The Kier molecular flexibility index (Phi) is 30.0. The maximum absolute atomic E-state index is 11.0. The van der Waals surface area contributed by atoms with Crippen molar-refractivity contribution in [2.75, 3.05) is 0 Å². The monoisotopic (exact) mass is 452 g/mol. The molecule has 4 nitrogen and oxygen atoms in total. The number of carbonyl (C=O) groups excluding carboxylic acids is 2. The molecule has 0 N–H and O–H groups in total. The lowest BCUT2D eigenvalue weighted by atomic mass is 10.1. The zero-order valence-electron chi connectivity index (χ0n) is 21.3. The Balaban J connectivity index is 0. The van der Waals surface area contributed by atoms with Gasteiger partial charge in [-0.2, -0.15) is 0 Å². The molecule has 0 aromatic heterocycles. The fourth-order valence-electron chi connectivity index (χ4n) is 3.46. The van der Waals surface area contributed by atoms with Gasteiger partial charge in [0.1, 0.15) is 0 Å². The lowest BCUT2D eigenvalue weighted by molar-refractivity contribution is -0.139. The molecule has 32 heavy (non-hydrogen) atoms. The third-order valence-corrected chi connectivity index (χ3v) is 5.40. The molecule has 0 radical (unpaired) electrons. The number of ether oxygens (including phenoxy) is 2. The minimum Gasteiger partial charge on any atom is -0.435 e. The molecule has 0 amide bonds. The summed E-state index contributed by atoms with van der Waals surface area (Å²) in [5, 5.41) is 0. The molecule has 0 aromatic carbocycles. The number of esters is 2. The van der Waals surface area contributed by atoms with Gasteiger partial charge in [0, 0.05) is 12.8 Å². The van der Waals surface area contributed by atoms with Crippen molar-refractivity contribution < 1.29 is 19.1 Å². The second-order valence-corrected chi connectivity index (χ2v) is 8.47. The zero-order valence-corrected chi connectivity index (χ0v) is 21.3. The Labute approximate surface area is 199 Å². The van der Waals surface area contributed by atoms with Crippen molar-refractivity contribution in [1.29, 1.82) is 0 Å². The maximum atomic E-state index is 11.0. The number of unbranched alkanes of at least 4 members (excludes halogenated alkanes) is 16. The highest BCUT2D eigenvalue weighted by molar-refractivity contribution is 5.70. The van der Waals surface area contributed by atoms with Crippen molar-refractivity contribution in [3.63, 3.8) is 0 Å². The van der Waals surface area contributed by atoms with Crippen molar-refractivity contribution in [2.45, 2.75) is 142 Å². The Morgan fingerprint density at radius 3 is 1.00 bits per heavy atom. The summed E-state index contributed by atoms with van der Waals surface area (Å²) in [4.78, 5) is 21.9. The van der Waals surface area contributed by atoms with Gasteiger partial charge in [-0.15, -0.1) is 0 Å². The van der Waals surface area contributed by atoms with Gasteiger partial charge < -0.3 is 9.47 Å². The largest absolute Gasteiger partial charge is 0.435 e. The van der Waals surface area contributed by atoms with E-state index >= 15 is 0 Å². The molecule has 0 rings (SSSR count). The Hall–Kier alpha value is -1.58. The molecule has 0 heterocycles. The smallest absolute Gasteiger partial charge is 0.310 e. The van der Waals surface area contributed by atoms with Crippen molar-refractivity contribution in [2.24, 2.45) is 0 Å². The van der Waals surface area contributed by atoms with Crippen LogP contribution in [0.1, 0.15) is 142 Å². The van der Waals surface area contributed by atoms with E-state index in [0.717, 1.165) is 25.7 Å². The quantitative estimate of drug-likeness (QED) is 0.0933. The summed E-state index contributed by atoms with van der Waals surface area (Å²) in [7, 11) is 0. The van der Waals surface area contributed by atoms with E-state index in [9.17, 15) is 9.59 Å². The van der Waals surface area contributed by atoms with Crippen LogP contribution in [0.3, 0.4) is 0 Å². The van der Waals surface area contributed by atoms with Gasteiger partial charge in [-0.3, -0.25) is 9.59 Å². The van der Waals surface area contributed by atoms with Gasteiger partial charge in [0.05, 0.1) is 12.5 Å². The van der Waals surface area contributed by atoms with E-state index in [-0.39, 0.29) is 11.9 Å². The first-order valence-corrected chi connectivity index (χ1v) is 13.2. The summed E-state index contributed by atoms with van der Waals surface area (Å²) in [6.45, 7) is 11.2. The number of rotatable bonds is 22. The predicted molar refractivity (Wildman–Crippen MR) is 136 cm³/mol. The zero-order chi connectivity index (χ0) is 24.1. The topological polar surface area (TPSA) is 52.6 Å². The molecule has 188 valence electrons. The van der Waals surface area contributed by atoms with E-state index < -0.39 is 0 Å². The summed E-state index contributed by atoms with van der Waals surface area (Å²) in [6, 6.07) is 0. The molecular weight excluding hydrogens is 400 g/mol. The number of hydrogen-bond acceptors (Lipinski definition) is 4. The van der Waals surface area contributed by atoms with Crippen LogP contribution in [0.25, 0.3) is 0 Å². The predicted octanol–water partition coefficient (Wildman–Crippen LogP) is 9.19. The molecule has 0 saturated carbocycles. The molecular formula is C28H52O4. The summed E-state index contributed by atoms with van der Waals surface area (Å²) in [5.41, 5.74) is 0. The van der Waals surface area contributed by atoms with Crippen LogP contribution in [0.15, 0.2) is 25.7 Å². The first kappa shape index (κ1) is 32.6. The van der Waals surface area contributed by atoms with Crippen LogP contribution < -0.4 is 0 Å². The first-order valence-electron chi connectivity index (χ1n) is 13.2. The van der Waals surface area contributed by atoms with Crippen LogP contribution in [0.2, 0.25) is 0 Å². The van der Waals surface area contributed by atoms with Crippen molar-refractivity contribution in [3.8, 4) is 0 Å². The van der Waals surface area contributed by atoms with E-state index in [1.165, 1.54) is 102 Å². The normalized spacial score (nSPS) is 10.1.